The zero-order chi connectivity index (χ0) is 19.2. The average Bonchev–Trinajstić information content (AvgIpc) is 3.13. The Labute approximate surface area is 158 Å². The van der Waals surface area contributed by atoms with Gasteiger partial charge in [0.25, 0.3) is 11.8 Å². The predicted octanol–water partition coefficient (Wildman–Crippen LogP) is 2.52. The Hall–Kier alpha value is -3.09. The molecule has 0 fully saturated rings. The van der Waals surface area contributed by atoms with Crippen LogP contribution < -0.4 is 20.1 Å². The molecule has 1 aliphatic rings. The number of ether oxygens (including phenoxy) is 2. The van der Waals surface area contributed by atoms with Crippen LogP contribution in [0.1, 0.15) is 46.7 Å². The van der Waals surface area contributed by atoms with Crippen molar-refractivity contribution in [2.24, 2.45) is 5.92 Å². The first-order valence-electron chi connectivity index (χ1n) is 8.94. The summed E-state index contributed by atoms with van der Waals surface area (Å²) in [6.45, 7) is 5.32. The lowest BCUT2D eigenvalue weighted by Crippen LogP contribution is -2.27. The van der Waals surface area contributed by atoms with Crippen molar-refractivity contribution in [1.29, 1.82) is 0 Å². The molecule has 0 unspecified atom stereocenters. The molecule has 0 saturated heterocycles. The van der Waals surface area contributed by atoms with E-state index in [1.54, 1.807) is 6.07 Å². The maximum Gasteiger partial charge on any atom is 0.269 e. The lowest BCUT2D eigenvalue weighted by Gasteiger charge is -2.09. The summed E-state index contributed by atoms with van der Waals surface area (Å²) in [6, 6.07) is 8.60. The molecule has 1 aliphatic heterocycles. The molecule has 3 rings (SSSR count). The van der Waals surface area contributed by atoms with Crippen LogP contribution in [0.4, 0.5) is 0 Å². The molecular weight excluding hydrogens is 346 g/mol. The van der Waals surface area contributed by atoms with Gasteiger partial charge in [0.15, 0.2) is 11.5 Å². The van der Waals surface area contributed by atoms with Crippen LogP contribution in [-0.2, 0) is 6.54 Å². The fourth-order valence-electron chi connectivity index (χ4n) is 2.60. The number of pyridine rings is 1. The van der Waals surface area contributed by atoms with Gasteiger partial charge in [-0.2, -0.15) is 0 Å². The summed E-state index contributed by atoms with van der Waals surface area (Å²) >= 11 is 0. The van der Waals surface area contributed by atoms with Crippen molar-refractivity contribution >= 4 is 11.8 Å². The number of nitrogens with one attached hydrogen (secondary N) is 2. The van der Waals surface area contributed by atoms with E-state index in [2.05, 4.69) is 29.5 Å². The largest absolute Gasteiger partial charge is 0.454 e. The second kappa shape index (κ2) is 8.53. The third-order valence-electron chi connectivity index (χ3n) is 4.15. The first-order valence-corrected chi connectivity index (χ1v) is 8.94. The minimum Gasteiger partial charge on any atom is -0.454 e. The van der Waals surface area contributed by atoms with Crippen LogP contribution in [0, 0.1) is 5.92 Å². The molecule has 2 aromatic rings. The van der Waals surface area contributed by atoms with Crippen molar-refractivity contribution in [3.63, 3.8) is 0 Å². The molecule has 1 aromatic heterocycles. The maximum atomic E-state index is 12.4. The Morgan fingerprint density at radius 1 is 1.07 bits per heavy atom. The fraction of sp³-hybridized carbons (Fsp3) is 0.350. The highest BCUT2D eigenvalue weighted by molar-refractivity contribution is 5.98. The molecule has 0 radical (unpaired) electrons. The van der Waals surface area contributed by atoms with Gasteiger partial charge < -0.3 is 20.1 Å². The van der Waals surface area contributed by atoms with E-state index in [1.165, 1.54) is 12.3 Å². The van der Waals surface area contributed by atoms with Gasteiger partial charge in [0.2, 0.25) is 6.79 Å². The average molecular weight is 369 g/mol. The molecule has 27 heavy (non-hydrogen) atoms. The molecule has 1 aromatic carbocycles. The minimum absolute atomic E-state index is 0.212. The molecule has 142 valence electrons. The van der Waals surface area contributed by atoms with Gasteiger partial charge in [-0.3, -0.25) is 14.6 Å². The normalized spacial score (nSPS) is 12.1. The smallest absolute Gasteiger partial charge is 0.269 e. The molecule has 2 amide bonds. The maximum absolute atomic E-state index is 12.4. The highest BCUT2D eigenvalue weighted by Gasteiger charge is 2.15. The minimum atomic E-state index is -0.277. The number of fused-ring (bicyclic) bond motifs is 1. The van der Waals surface area contributed by atoms with Crippen LogP contribution in [-0.4, -0.2) is 30.1 Å². The van der Waals surface area contributed by atoms with Crippen molar-refractivity contribution in [2.45, 2.75) is 26.8 Å². The molecular formula is C20H23N3O4. The Morgan fingerprint density at radius 2 is 1.89 bits per heavy atom. The Balaban J connectivity index is 1.57. The van der Waals surface area contributed by atoms with Gasteiger partial charge in [-0.05, 0) is 42.2 Å². The second-order valence-electron chi connectivity index (χ2n) is 6.74. The SMILES string of the molecule is CC(C)CCNC(=O)c1cc(C(=O)NCc2ccc3c(c2)OCO3)ccn1. The van der Waals surface area contributed by atoms with E-state index in [1.807, 2.05) is 18.2 Å². The van der Waals surface area contributed by atoms with Crippen LogP contribution >= 0.6 is 0 Å². The van der Waals surface area contributed by atoms with Gasteiger partial charge in [-0.25, -0.2) is 0 Å². The lowest BCUT2D eigenvalue weighted by molar-refractivity contribution is 0.0947. The highest BCUT2D eigenvalue weighted by atomic mass is 16.7. The van der Waals surface area contributed by atoms with Crippen LogP contribution in [0.2, 0.25) is 0 Å². The van der Waals surface area contributed by atoms with Crippen molar-refractivity contribution in [2.75, 3.05) is 13.3 Å². The van der Waals surface area contributed by atoms with Crippen molar-refractivity contribution < 1.29 is 19.1 Å². The van der Waals surface area contributed by atoms with Crippen LogP contribution in [0.5, 0.6) is 11.5 Å². The van der Waals surface area contributed by atoms with E-state index in [0.29, 0.717) is 36.1 Å². The van der Waals surface area contributed by atoms with E-state index in [-0.39, 0.29) is 24.3 Å². The number of benzene rings is 1. The third kappa shape index (κ3) is 4.97. The molecule has 0 aliphatic carbocycles. The molecule has 7 nitrogen and oxygen atoms in total. The monoisotopic (exact) mass is 369 g/mol. The first kappa shape index (κ1) is 18.7. The summed E-state index contributed by atoms with van der Waals surface area (Å²) in [7, 11) is 0. The van der Waals surface area contributed by atoms with Gasteiger partial charge >= 0.3 is 0 Å². The number of aromatic nitrogens is 1. The molecule has 2 N–H and O–H groups in total. The third-order valence-corrected chi connectivity index (χ3v) is 4.15. The van der Waals surface area contributed by atoms with Gasteiger partial charge in [0, 0.05) is 24.8 Å². The summed E-state index contributed by atoms with van der Waals surface area (Å²) in [6.07, 6.45) is 2.36. The predicted molar refractivity (Wildman–Crippen MR) is 99.8 cm³/mol. The number of carbonyl (C=O) groups is 2. The molecule has 0 saturated carbocycles. The summed E-state index contributed by atoms with van der Waals surface area (Å²) in [5.41, 5.74) is 1.52. The Kier molecular flexibility index (Phi) is 5.90. The number of hydrogen-bond donors (Lipinski definition) is 2. The quantitative estimate of drug-likeness (QED) is 0.783. The number of amides is 2. The zero-order valence-electron chi connectivity index (χ0n) is 15.5. The van der Waals surface area contributed by atoms with Gasteiger partial charge in [0.1, 0.15) is 5.69 Å². The molecule has 0 spiro atoms. The van der Waals surface area contributed by atoms with Gasteiger partial charge in [-0.1, -0.05) is 19.9 Å². The number of nitrogens with zero attached hydrogens (tertiary/aromatic N) is 1. The van der Waals surface area contributed by atoms with Gasteiger partial charge in [-0.15, -0.1) is 0 Å². The summed E-state index contributed by atoms with van der Waals surface area (Å²) < 4.78 is 10.6. The number of rotatable bonds is 7. The van der Waals surface area contributed by atoms with E-state index in [0.717, 1.165) is 12.0 Å². The zero-order valence-corrected chi connectivity index (χ0v) is 15.5. The summed E-state index contributed by atoms with van der Waals surface area (Å²) in [5.74, 6) is 1.33. The fourth-order valence-corrected chi connectivity index (χ4v) is 2.60. The van der Waals surface area contributed by atoms with Crippen LogP contribution in [0.25, 0.3) is 0 Å². The number of hydrogen-bond acceptors (Lipinski definition) is 5. The van der Waals surface area contributed by atoms with Gasteiger partial charge in [0.05, 0.1) is 0 Å². The van der Waals surface area contributed by atoms with Crippen molar-refractivity contribution in [3.8, 4) is 11.5 Å². The second-order valence-corrected chi connectivity index (χ2v) is 6.74. The lowest BCUT2D eigenvalue weighted by atomic mass is 10.1. The number of carbonyl (C=O) groups excluding carboxylic acids is 2. The van der Waals surface area contributed by atoms with E-state index in [9.17, 15) is 9.59 Å². The van der Waals surface area contributed by atoms with Crippen LogP contribution in [0.15, 0.2) is 36.5 Å². The van der Waals surface area contributed by atoms with E-state index < -0.39 is 0 Å². The van der Waals surface area contributed by atoms with Crippen LogP contribution in [0.3, 0.4) is 0 Å². The highest BCUT2D eigenvalue weighted by Crippen LogP contribution is 2.32. The Morgan fingerprint density at radius 3 is 2.70 bits per heavy atom. The summed E-state index contributed by atoms with van der Waals surface area (Å²) in [4.78, 5) is 28.6. The first-order chi connectivity index (χ1) is 13.0. The standard InChI is InChI=1S/C20H23N3O4/c1-13(2)5-7-22-20(25)16-10-15(6-8-21-16)19(24)23-11-14-3-4-17-18(9-14)27-12-26-17/h3-4,6,8-10,13H,5,7,11-12H2,1-2H3,(H,22,25)(H,23,24). The van der Waals surface area contributed by atoms with E-state index in [4.69, 9.17) is 9.47 Å². The molecule has 0 atom stereocenters. The van der Waals surface area contributed by atoms with Crippen molar-refractivity contribution in [3.05, 3.63) is 53.3 Å². The molecule has 7 heteroatoms. The van der Waals surface area contributed by atoms with Crippen molar-refractivity contribution in [1.82, 2.24) is 15.6 Å². The molecule has 2 heterocycles. The Bertz CT molecular complexity index is 836. The van der Waals surface area contributed by atoms with E-state index >= 15 is 0 Å². The topological polar surface area (TPSA) is 89.6 Å². The summed E-state index contributed by atoms with van der Waals surface area (Å²) in [5, 5.41) is 5.66. The molecule has 0 bridgehead atoms.